The number of aliphatic hydroxyl groups excluding tert-OH is 1. The Morgan fingerprint density at radius 2 is 1.90 bits per heavy atom. The Hall–Kier alpha value is -2.88. The van der Waals surface area contributed by atoms with Crippen LogP contribution in [-0.4, -0.2) is 48.0 Å². The van der Waals surface area contributed by atoms with Gasteiger partial charge in [-0.3, -0.25) is 18.3 Å². The molecule has 0 fully saturated rings. The maximum absolute atomic E-state index is 13.4. The summed E-state index contributed by atoms with van der Waals surface area (Å²) < 4.78 is 11.8. The van der Waals surface area contributed by atoms with Crippen LogP contribution in [0.5, 0.6) is 0 Å². The Balaban J connectivity index is 1.91. The van der Waals surface area contributed by atoms with Crippen molar-refractivity contribution in [2.24, 2.45) is 7.05 Å². The molecule has 4 aromatic rings. The van der Waals surface area contributed by atoms with E-state index in [9.17, 15) is 9.59 Å². The Labute approximate surface area is 182 Å². The van der Waals surface area contributed by atoms with Crippen molar-refractivity contribution in [3.8, 4) is 0 Å². The molecule has 0 aliphatic rings. The van der Waals surface area contributed by atoms with E-state index in [1.807, 2.05) is 24.5 Å². The van der Waals surface area contributed by atoms with Crippen LogP contribution in [-0.2, 0) is 24.9 Å². The number of ether oxygens (including phenoxy) is 1. The molecule has 0 unspecified atom stereocenters. The number of aryl methyl sites for hydroxylation is 2. The third-order valence-corrected chi connectivity index (χ3v) is 5.79. The molecule has 0 saturated carbocycles. The fourth-order valence-corrected chi connectivity index (χ4v) is 4.08. The van der Waals surface area contributed by atoms with Crippen LogP contribution in [0.15, 0.2) is 33.9 Å². The highest BCUT2D eigenvalue weighted by Crippen LogP contribution is 2.20. The highest BCUT2D eigenvalue weighted by molar-refractivity contribution is 6.30. The minimum Gasteiger partial charge on any atom is -0.394 e. The second-order valence-electron chi connectivity index (χ2n) is 7.44. The number of fused-ring (bicyclic) bond motifs is 3. The lowest BCUT2D eigenvalue weighted by molar-refractivity contribution is 0.0872. The van der Waals surface area contributed by atoms with Gasteiger partial charge in [0.2, 0.25) is 5.78 Å². The number of rotatable bonds is 7. The average molecular weight is 446 g/mol. The van der Waals surface area contributed by atoms with E-state index in [4.69, 9.17) is 21.4 Å². The minimum atomic E-state index is -0.439. The van der Waals surface area contributed by atoms with Crippen LogP contribution in [0.3, 0.4) is 0 Å². The van der Waals surface area contributed by atoms with Gasteiger partial charge in [-0.2, -0.15) is 4.98 Å². The van der Waals surface area contributed by atoms with E-state index < -0.39 is 11.2 Å². The average Bonchev–Trinajstić information content (AvgIpc) is 3.24. The molecule has 0 spiro atoms. The van der Waals surface area contributed by atoms with Crippen molar-refractivity contribution in [3.05, 3.63) is 67.1 Å². The largest absolute Gasteiger partial charge is 0.394 e. The van der Waals surface area contributed by atoms with Gasteiger partial charge >= 0.3 is 5.69 Å². The van der Waals surface area contributed by atoms with E-state index >= 15 is 0 Å². The van der Waals surface area contributed by atoms with Gasteiger partial charge in [0, 0.05) is 30.0 Å². The van der Waals surface area contributed by atoms with Gasteiger partial charge in [0.1, 0.15) is 0 Å². The number of aromatic nitrogens is 5. The quantitative estimate of drug-likeness (QED) is 0.435. The van der Waals surface area contributed by atoms with E-state index in [1.165, 1.54) is 9.13 Å². The van der Waals surface area contributed by atoms with E-state index in [1.54, 1.807) is 29.6 Å². The van der Waals surface area contributed by atoms with Gasteiger partial charge in [0.25, 0.3) is 5.56 Å². The predicted molar refractivity (Wildman–Crippen MR) is 118 cm³/mol. The lowest BCUT2D eigenvalue weighted by Crippen LogP contribution is -2.39. The smallest absolute Gasteiger partial charge is 0.332 e. The summed E-state index contributed by atoms with van der Waals surface area (Å²) in [6.07, 6.45) is 0. The lowest BCUT2D eigenvalue weighted by Gasteiger charge is -2.09. The second-order valence-corrected chi connectivity index (χ2v) is 7.88. The van der Waals surface area contributed by atoms with Gasteiger partial charge in [0.15, 0.2) is 11.2 Å². The molecule has 0 amide bonds. The van der Waals surface area contributed by atoms with Crippen LogP contribution in [0.1, 0.15) is 17.0 Å². The number of aliphatic hydroxyl groups is 1. The summed E-state index contributed by atoms with van der Waals surface area (Å²) in [7, 11) is 1.61. The molecule has 0 saturated heterocycles. The molecule has 3 heterocycles. The zero-order valence-corrected chi connectivity index (χ0v) is 18.4. The topological polar surface area (TPSA) is 95.7 Å². The number of hydrogen-bond donors (Lipinski definition) is 1. The Morgan fingerprint density at radius 3 is 2.61 bits per heavy atom. The van der Waals surface area contributed by atoms with Crippen molar-refractivity contribution in [3.63, 3.8) is 0 Å². The first-order valence-corrected chi connectivity index (χ1v) is 10.3. The first-order chi connectivity index (χ1) is 14.8. The number of halogens is 1. The van der Waals surface area contributed by atoms with Crippen LogP contribution < -0.4 is 11.2 Å². The second kappa shape index (κ2) is 8.33. The van der Waals surface area contributed by atoms with Crippen molar-refractivity contribution in [2.75, 3.05) is 19.8 Å². The highest BCUT2D eigenvalue weighted by atomic mass is 35.5. The molecule has 4 rings (SSSR count). The molecule has 0 radical (unpaired) electrons. The normalized spacial score (nSPS) is 11.8. The van der Waals surface area contributed by atoms with Crippen LogP contribution in [0.2, 0.25) is 5.02 Å². The third-order valence-electron chi connectivity index (χ3n) is 5.55. The standard InChI is InChI=1S/C21H24ClN5O4/c1-13-14(2)27-17-18(23-20(27)25(13)7-9-31-10-8-28)24(3)21(30)26(19(17)29)12-15-5-4-6-16(22)11-15/h4-6,11,28H,7-10,12H2,1-3H3. The summed E-state index contributed by atoms with van der Waals surface area (Å²) in [5.74, 6) is 0.574. The Kier molecular flexibility index (Phi) is 5.74. The van der Waals surface area contributed by atoms with Crippen molar-refractivity contribution in [2.45, 2.75) is 26.9 Å². The molecule has 164 valence electrons. The van der Waals surface area contributed by atoms with Crippen LogP contribution in [0, 0.1) is 13.8 Å². The fourth-order valence-electron chi connectivity index (χ4n) is 3.86. The summed E-state index contributed by atoms with van der Waals surface area (Å²) in [4.78, 5) is 31.0. The minimum absolute atomic E-state index is 0.0410. The molecule has 0 aliphatic carbocycles. The molecule has 10 heteroatoms. The van der Waals surface area contributed by atoms with E-state index in [0.29, 0.717) is 35.1 Å². The number of nitrogens with zero attached hydrogens (tertiary/aromatic N) is 5. The van der Waals surface area contributed by atoms with Crippen LogP contribution in [0.4, 0.5) is 0 Å². The maximum atomic E-state index is 13.4. The highest BCUT2D eigenvalue weighted by Gasteiger charge is 2.22. The van der Waals surface area contributed by atoms with Crippen molar-refractivity contribution < 1.29 is 9.84 Å². The van der Waals surface area contributed by atoms with Gasteiger partial charge in [-0.25, -0.2) is 4.79 Å². The predicted octanol–water partition coefficient (Wildman–Crippen LogP) is 1.48. The molecule has 9 nitrogen and oxygen atoms in total. The zero-order valence-electron chi connectivity index (χ0n) is 17.6. The van der Waals surface area contributed by atoms with Crippen molar-refractivity contribution in [1.82, 2.24) is 23.1 Å². The molecule has 1 aromatic carbocycles. The molecular weight excluding hydrogens is 422 g/mol. The first-order valence-electron chi connectivity index (χ1n) is 9.96. The number of imidazole rings is 2. The van der Waals surface area contributed by atoms with Crippen LogP contribution in [0.25, 0.3) is 16.9 Å². The molecular formula is C21H24ClN5O4. The number of benzene rings is 1. The SMILES string of the molecule is Cc1c(C)n2c3c(=O)n(Cc4cccc(Cl)c4)c(=O)n(C)c3nc2n1CCOCCO. The zero-order chi connectivity index (χ0) is 22.3. The van der Waals surface area contributed by atoms with E-state index in [0.717, 1.165) is 17.0 Å². The van der Waals surface area contributed by atoms with Crippen molar-refractivity contribution in [1.29, 1.82) is 0 Å². The van der Waals surface area contributed by atoms with Crippen molar-refractivity contribution >= 4 is 28.5 Å². The summed E-state index contributed by atoms with van der Waals surface area (Å²) in [6, 6.07) is 7.10. The van der Waals surface area contributed by atoms with Gasteiger partial charge in [-0.15, -0.1) is 0 Å². The monoisotopic (exact) mass is 445 g/mol. The third kappa shape index (κ3) is 3.58. The molecule has 0 aliphatic heterocycles. The first kappa shape index (κ1) is 21.4. The summed E-state index contributed by atoms with van der Waals surface area (Å²) in [5.41, 5.74) is 2.43. The van der Waals surface area contributed by atoms with Gasteiger partial charge in [0.05, 0.1) is 26.4 Å². The molecule has 31 heavy (non-hydrogen) atoms. The Morgan fingerprint density at radius 1 is 1.13 bits per heavy atom. The van der Waals surface area contributed by atoms with Gasteiger partial charge in [-0.1, -0.05) is 23.7 Å². The van der Waals surface area contributed by atoms with E-state index in [-0.39, 0.29) is 19.8 Å². The summed E-state index contributed by atoms with van der Waals surface area (Å²) in [6.45, 7) is 5.11. The Bertz CT molecular complexity index is 1400. The molecule has 0 atom stereocenters. The summed E-state index contributed by atoms with van der Waals surface area (Å²) >= 11 is 6.07. The number of hydrogen-bond acceptors (Lipinski definition) is 5. The van der Waals surface area contributed by atoms with E-state index in [2.05, 4.69) is 4.98 Å². The summed E-state index contributed by atoms with van der Waals surface area (Å²) in [5, 5.41) is 9.44. The fraction of sp³-hybridized carbons (Fsp3) is 0.381. The maximum Gasteiger partial charge on any atom is 0.332 e. The van der Waals surface area contributed by atoms with Gasteiger partial charge in [-0.05, 0) is 31.5 Å². The molecule has 0 bridgehead atoms. The van der Waals surface area contributed by atoms with Crippen LogP contribution >= 0.6 is 11.6 Å². The van der Waals surface area contributed by atoms with Gasteiger partial charge < -0.3 is 14.4 Å². The lowest BCUT2D eigenvalue weighted by atomic mass is 10.2. The molecule has 3 aromatic heterocycles. The molecule has 1 N–H and O–H groups in total.